The number of anilines is 1. The fourth-order valence-corrected chi connectivity index (χ4v) is 2.07. The van der Waals surface area contributed by atoms with Gasteiger partial charge in [-0.1, -0.05) is 23.4 Å². The number of halogens is 1. The number of nitrogens with two attached hydrogens (primary N) is 1. The third-order valence-corrected chi connectivity index (χ3v) is 3.34. The van der Waals surface area contributed by atoms with E-state index in [0.717, 1.165) is 11.8 Å². The van der Waals surface area contributed by atoms with Crippen molar-refractivity contribution in [3.05, 3.63) is 28.8 Å². The molecule has 0 spiro atoms. The minimum absolute atomic E-state index is 0.114. The van der Waals surface area contributed by atoms with Gasteiger partial charge in [0.05, 0.1) is 6.10 Å². The fraction of sp³-hybridized carbons (Fsp3) is 0.364. The Kier molecular flexibility index (Phi) is 5.27. The van der Waals surface area contributed by atoms with Crippen molar-refractivity contribution < 1.29 is 15.0 Å². The van der Waals surface area contributed by atoms with Crippen LogP contribution < -0.4 is 5.73 Å². The van der Waals surface area contributed by atoms with Crippen LogP contribution in [0.1, 0.15) is 18.6 Å². The number of thioether (sulfide) groups is 1. The molecule has 0 saturated heterocycles. The molecule has 2 unspecified atom stereocenters. The van der Waals surface area contributed by atoms with Crippen molar-refractivity contribution in [3.8, 4) is 0 Å². The zero-order valence-electron chi connectivity index (χ0n) is 9.26. The van der Waals surface area contributed by atoms with Crippen LogP contribution >= 0.6 is 23.4 Å². The molecule has 0 bridgehead atoms. The highest BCUT2D eigenvalue weighted by Crippen LogP contribution is 2.27. The van der Waals surface area contributed by atoms with Crippen LogP contribution in [0.5, 0.6) is 0 Å². The number of benzene rings is 1. The summed E-state index contributed by atoms with van der Waals surface area (Å²) in [5, 5.41) is 19.9. The SMILES string of the molecule is CC(=O)SCC(O)C(O)c1cc(Cl)ccc1N. The highest BCUT2D eigenvalue weighted by molar-refractivity contribution is 8.13. The first-order chi connectivity index (χ1) is 7.91. The van der Waals surface area contributed by atoms with Gasteiger partial charge in [-0.25, -0.2) is 0 Å². The highest BCUT2D eigenvalue weighted by Gasteiger charge is 2.21. The Labute approximate surface area is 109 Å². The second-order valence-corrected chi connectivity index (χ2v) is 5.22. The summed E-state index contributed by atoms with van der Waals surface area (Å²) in [5.41, 5.74) is 6.41. The molecule has 0 aromatic heterocycles. The Bertz CT molecular complexity index is 414. The molecule has 17 heavy (non-hydrogen) atoms. The molecule has 0 radical (unpaired) electrons. The van der Waals surface area contributed by atoms with E-state index in [1.54, 1.807) is 12.1 Å². The van der Waals surface area contributed by atoms with Crippen LogP contribution in [0.3, 0.4) is 0 Å². The van der Waals surface area contributed by atoms with Crippen LogP contribution in [-0.2, 0) is 4.79 Å². The van der Waals surface area contributed by atoms with Crippen LogP contribution in [-0.4, -0.2) is 27.2 Å². The Morgan fingerprint density at radius 1 is 1.53 bits per heavy atom. The van der Waals surface area contributed by atoms with E-state index in [4.69, 9.17) is 17.3 Å². The van der Waals surface area contributed by atoms with Crippen LogP contribution in [0.2, 0.25) is 5.02 Å². The zero-order chi connectivity index (χ0) is 13.0. The maximum atomic E-state index is 10.8. The molecular weight excluding hydrogens is 262 g/mol. The van der Waals surface area contributed by atoms with Crippen LogP contribution in [0.15, 0.2) is 18.2 Å². The van der Waals surface area contributed by atoms with E-state index in [9.17, 15) is 15.0 Å². The molecule has 94 valence electrons. The van der Waals surface area contributed by atoms with Gasteiger partial charge >= 0.3 is 0 Å². The number of hydrogen-bond donors (Lipinski definition) is 3. The maximum Gasteiger partial charge on any atom is 0.185 e. The average molecular weight is 276 g/mol. The molecule has 4 nitrogen and oxygen atoms in total. The number of carbonyl (C=O) groups excluding carboxylic acids is 1. The van der Waals surface area contributed by atoms with Gasteiger partial charge in [-0.2, -0.15) is 0 Å². The van der Waals surface area contributed by atoms with E-state index in [-0.39, 0.29) is 10.9 Å². The molecule has 0 amide bonds. The van der Waals surface area contributed by atoms with Crippen molar-refractivity contribution in [3.63, 3.8) is 0 Å². The van der Waals surface area contributed by atoms with Gasteiger partial charge in [0.1, 0.15) is 6.10 Å². The molecule has 0 aliphatic carbocycles. The number of aliphatic hydroxyl groups excluding tert-OH is 2. The first-order valence-electron chi connectivity index (χ1n) is 4.96. The van der Waals surface area contributed by atoms with E-state index in [1.807, 2.05) is 0 Å². The summed E-state index contributed by atoms with van der Waals surface area (Å²) in [7, 11) is 0. The Balaban J connectivity index is 2.77. The van der Waals surface area contributed by atoms with Crippen molar-refractivity contribution in [2.75, 3.05) is 11.5 Å². The summed E-state index contributed by atoms with van der Waals surface area (Å²) in [6.07, 6.45) is -2.22. The van der Waals surface area contributed by atoms with Crippen molar-refractivity contribution >= 4 is 34.2 Å². The molecule has 0 aliphatic heterocycles. The summed E-state index contributed by atoms with van der Waals surface area (Å²) in [5.74, 6) is 0.114. The average Bonchev–Trinajstić information content (AvgIpc) is 2.28. The molecule has 2 atom stereocenters. The minimum Gasteiger partial charge on any atom is -0.398 e. The second-order valence-electron chi connectivity index (χ2n) is 3.59. The van der Waals surface area contributed by atoms with E-state index in [1.165, 1.54) is 13.0 Å². The standard InChI is InChI=1S/C11H14ClNO3S/c1-6(14)17-5-10(15)11(16)8-4-7(12)2-3-9(8)13/h2-4,10-11,15-16H,5,13H2,1H3. The van der Waals surface area contributed by atoms with E-state index in [0.29, 0.717) is 16.3 Å². The fourth-order valence-electron chi connectivity index (χ4n) is 1.30. The van der Waals surface area contributed by atoms with Gasteiger partial charge in [-0.05, 0) is 18.2 Å². The van der Waals surface area contributed by atoms with Crippen LogP contribution in [0, 0.1) is 0 Å². The first kappa shape index (κ1) is 14.3. The summed E-state index contributed by atoms with van der Waals surface area (Å²) < 4.78 is 0. The van der Waals surface area contributed by atoms with Gasteiger partial charge in [-0.15, -0.1) is 0 Å². The minimum atomic E-state index is -1.15. The van der Waals surface area contributed by atoms with Crippen molar-refractivity contribution in [2.24, 2.45) is 0 Å². The van der Waals surface area contributed by atoms with Gasteiger partial charge < -0.3 is 15.9 Å². The molecule has 1 aromatic carbocycles. The number of hydrogen-bond acceptors (Lipinski definition) is 5. The summed E-state index contributed by atoms with van der Waals surface area (Å²) in [4.78, 5) is 10.8. The number of carbonyl (C=O) groups is 1. The second kappa shape index (κ2) is 6.26. The Morgan fingerprint density at radius 2 is 2.18 bits per heavy atom. The van der Waals surface area contributed by atoms with Gasteiger partial charge in [0.2, 0.25) is 0 Å². The topological polar surface area (TPSA) is 83.5 Å². The largest absolute Gasteiger partial charge is 0.398 e. The lowest BCUT2D eigenvalue weighted by Crippen LogP contribution is -2.22. The van der Waals surface area contributed by atoms with E-state index in [2.05, 4.69) is 0 Å². The maximum absolute atomic E-state index is 10.8. The number of rotatable bonds is 4. The molecule has 0 aliphatic rings. The van der Waals surface area contributed by atoms with Crippen molar-refractivity contribution in [1.29, 1.82) is 0 Å². The van der Waals surface area contributed by atoms with Crippen LogP contribution in [0.4, 0.5) is 5.69 Å². The van der Waals surface area contributed by atoms with Gasteiger partial charge in [-0.3, -0.25) is 4.79 Å². The molecule has 0 fully saturated rings. The zero-order valence-corrected chi connectivity index (χ0v) is 10.8. The number of aliphatic hydroxyl groups is 2. The third kappa shape index (κ3) is 4.20. The molecule has 4 N–H and O–H groups in total. The Hall–Kier alpha value is -0.750. The first-order valence-corrected chi connectivity index (χ1v) is 6.32. The van der Waals surface area contributed by atoms with E-state index >= 15 is 0 Å². The molecule has 0 heterocycles. The van der Waals surface area contributed by atoms with Crippen molar-refractivity contribution in [1.82, 2.24) is 0 Å². The van der Waals surface area contributed by atoms with Crippen molar-refractivity contribution in [2.45, 2.75) is 19.1 Å². The van der Waals surface area contributed by atoms with Gasteiger partial charge in [0.25, 0.3) is 0 Å². The van der Waals surface area contributed by atoms with Gasteiger partial charge in [0.15, 0.2) is 5.12 Å². The van der Waals surface area contributed by atoms with Crippen LogP contribution in [0.25, 0.3) is 0 Å². The molecule has 6 heteroatoms. The van der Waals surface area contributed by atoms with Gasteiger partial charge in [0, 0.05) is 29.0 Å². The predicted molar refractivity (Wildman–Crippen MR) is 70.0 cm³/mol. The molecular formula is C11H14ClNO3S. The third-order valence-electron chi connectivity index (χ3n) is 2.19. The van der Waals surface area contributed by atoms with E-state index < -0.39 is 12.2 Å². The summed E-state index contributed by atoms with van der Waals surface area (Å²) in [6, 6.07) is 4.67. The molecule has 1 rings (SSSR count). The highest BCUT2D eigenvalue weighted by atomic mass is 35.5. The normalized spacial score (nSPS) is 14.4. The lowest BCUT2D eigenvalue weighted by atomic mass is 10.0. The lowest BCUT2D eigenvalue weighted by molar-refractivity contribution is -0.109. The Morgan fingerprint density at radius 3 is 2.76 bits per heavy atom. The molecule has 0 saturated carbocycles. The predicted octanol–water partition coefficient (Wildman–Crippen LogP) is 1.60. The summed E-state index contributed by atoms with van der Waals surface area (Å²) >= 11 is 6.74. The monoisotopic (exact) mass is 275 g/mol. The summed E-state index contributed by atoms with van der Waals surface area (Å²) in [6.45, 7) is 1.40. The number of nitrogen functional groups attached to an aromatic ring is 1. The quantitative estimate of drug-likeness (QED) is 0.727. The lowest BCUT2D eigenvalue weighted by Gasteiger charge is -2.19. The smallest absolute Gasteiger partial charge is 0.185 e. The molecule has 1 aromatic rings.